The number of aromatic nitrogens is 1. The summed E-state index contributed by atoms with van der Waals surface area (Å²) >= 11 is -1.36. The zero-order chi connectivity index (χ0) is 16.4. The first-order chi connectivity index (χ1) is 9.79. The minimum atomic E-state index is -1.36. The van der Waals surface area contributed by atoms with Gasteiger partial charge in [-0.25, -0.2) is 6.67 Å². The third kappa shape index (κ3) is 9.70. The van der Waals surface area contributed by atoms with Crippen molar-refractivity contribution in [1.29, 1.82) is 0 Å². The second-order valence-electron chi connectivity index (χ2n) is 4.86. The molecule has 1 fully saturated rings. The second kappa shape index (κ2) is 11.7. The number of rotatable bonds is 0. The van der Waals surface area contributed by atoms with Gasteiger partial charge in [0.15, 0.2) is 0 Å². The van der Waals surface area contributed by atoms with E-state index in [4.69, 9.17) is 19.4 Å². The van der Waals surface area contributed by atoms with E-state index in [1.54, 1.807) is 12.4 Å². The van der Waals surface area contributed by atoms with Gasteiger partial charge in [-0.05, 0) is 50.8 Å². The Kier molecular flexibility index (Phi) is 11.8. The number of nitrogens with zero attached hydrogens (tertiary/aromatic N) is 3. The van der Waals surface area contributed by atoms with Crippen LogP contribution in [0.5, 0.6) is 0 Å². The summed E-state index contributed by atoms with van der Waals surface area (Å²) in [5.41, 5.74) is 1.26. The first-order valence-corrected chi connectivity index (χ1v) is 12.2. The molecule has 0 spiro atoms. The molecule has 1 aliphatic rings. The van der Waals surface area contributed by atoms with E-state index in [0.717, 1.165) is 0 Å². The Bertz CT molecular complexity index is 399. The molecule has 0 saturated carbocycles. The van der Waals surface area contributed by atoms with Gasteiger partial charge < -0.3 is 9.80 Å². The third-order valence-electron chi connectivity index (χ3n) is 3.35. The fraction of sp³-hybridized carbons (Fsp3) is 0.533. The predicted molar refractivity (Wildman–Crippen MR) is 91.2 cm³/mol. The summed E-state index contributed by atoms with van der Waals surface area (Å²) in [6, 6.07) is 5.27. The molecule has 2 atom stereocenters. The number of pyridine rings is 1. The first kappa shape index (κ1) is 21.1. The summed E-state index contributed by atoms with van der Waals surface area (Å²) in [7, 11) is 14.9. The van der Waals surface area contributed by atoms with Crippen molar-refractivity contribution >= 4 is 24.0 Å². The molecule has 21 heavy (non-hydrogen) atoms. The number of likely N-dealkylation sites (N-methyl/N-ethyl adjacent to an activating group) is 2. The molecule has 1 saturated heterocycles. The van der Waals surface area contributed by atoms with Gasteiger partial charge in [0.2, 0.25) is 0 Å². The van der Waals surface area contributed by atoms with Crippen LogP contribution in [0.2, 0.25) is 0 Å². The summed E-state index contributed by atoms with van der Waals surface area (Å²) in [5.74, 6) is 0. The quantitative estimate of drug-likeness (QED) is 0.469. The number of aryl methyl sites for hydroxylation is 1. The van der Waals surface area contributed by atoms with Crippen LogP contribution in [0.4, 0.5) is 0 Å². The van der Waals surface area contributed by atoms with Gasteiger partial charge in [0.25, 0.3) is 0 Å². The van der Waals surface area contributed by atoms with Crippen molar-refractivity contribution in [1.82, 2.24) is 14.8 Å². The molecule has 0 bridgehead atoms. The Morgan fingerprint density at radius 2 is 1.52 bits per heavy atom. The molecule has 1 aromatic heterocycles. The average molecular weight is 420 g/mol. The minimum Gasteiger partial charge on any atom is -0.265 e. The van der Waals surface area contributed by atoms with Crippen molar-refractivity contribution in [3.05, 3.63) is 36.8 Å². The van der Waals surface area contributed by atoms with E-state index in [2.05, 4.69) is 49.4 Å². The smallest absolute Gasteiger partial charge is 0.0270 e. The van der Waals surface area contributed by atoms with E-state index in [0.29, 0.717) is 12.1 Å². The molecular formula is C15H26Cl2N3Ru-. The number of hydrogen-bond donors (Lipinski definition) is 0. The Balaban J connectivity index is 0.000000300. The van der Waals surface area contributed by atoms with E-state index in [1.807, 2.05) is 30.6 Å². The Morgan fingerprint density at radius 3 is 1.67 bits per heavy atom. The van der Waals surface area contributed by atoms with Gasteiger partial charge in [0, 0.05) is 12.4 Å². The van der Waals surface area contributed by atoms with Crippen molar-refractivity contribution in [3.63, 3.8) is 0 Å². The maximum atomic E-state index is 5.32. The normalized spacial score (nSPS) is 22.6. The van der Waals surface area contributed by atoms with E-state index in [9.17, 15) is 0 Å². The average Bonchev–Trinajstić information content (AvgIpc) is 2.67. The largest absolute Gasteiger partial charge is 0.265 e. The second-order valence-corrected chi connectivity index (χ2v) is 11.1. The number of hydrogen-bond acceptors (Lipinski definition) is 3. The van der Waals surface area contributed by atoms with Crippen molar-refractivity contribution in [2.24, 2.45) is 0 Å². The molecule has 2 unspecified atom stereocenters. The van der Waals surface area contributed by atoms with Crippen molar-refractivity contribution < 1.29 is 13.5 Å². The van der Waals surface area contributed by atoms with Gasteiger partial charge in [-0.2, -0.15) is 0 Å². The van der Waals surface area contributed by atoms with Gasteiger partial charge in [-0.3, -0.25) is 4.98 Å². The number of halogens is 2. The van der Waals surface area contributed by atoms with E-state index < -0.39 is 13.5 Å². The molecule has 0 aromatic carbocycles. The topological polar surface area (TPSA) is 19.4 Å². The predicted octanol–water partition coefficient (Wildman–Crippen LogP) is 3.88. The van der Waals surface area contributed by atoms with E-state index in [-0.39, 0.29) is 0 Å². The fourth-order valence-electron chi connectivity index (χ4n) is 1.60. The van der Waals surface area contributed by atoms with E-state index >= 15 is 0 Å². The van der Waals surface area contributed by atoms with Gasteiger partial charge >= 0.3 is 44.4 Å². The van der Waals surface area contributed by atoms with Gasteiger partial charge in [-0.15, -0.1) is 0 Å². The molecule has 0 radical (unpaired) electrons. The molecule has 0 aliphatic carbocycles. The molecule has 1 aromatic rings. The standard InChI is InChI=1S/C7H15N2.C6H7N.C2H4.2ClH.Ru/c1-6-7(2)9(4)5-8(6)3;1-6-2-4-7-5-3-6;1-2;;;/h5-7H,1-4H3;2-5H,1H3;1H,2H3;2*1H;/q-1;;;;;+2/p-2. The molecule has 6 heteroatoms. The zero-order valence-corrected chi connectivity index (χ0v) is 16.8. The van der Waals surface area contributed by atoms with Crippen LogP contribution in [0.3, 0.4) is 0 Å². The summed E-state index contributed by atoms with van der Waals surface area (Å²) in [6.07, 6.45) is 3.57. The van der Waals surface area contributed by atoms with Gasteiger partial charge in [-0.1, -0.05) is 13.8 Å². The van der Waals surface area contributed by atoms with Crippen LogP contribution in [-0.2, 0) is 13.5 Å². The van der Waals surface area contributed by atoms with Crippen LogP contribution < -0.4 is 0 Å². The monoisotopic (exact) mass is 420 g/mol. The molecular weight excluding hydrogens is 394 g/mol. The molecule has 2 rings (SSSR count). The summed E-state index contributed by atoms with van der Waals surface area (Å²) in [4.78, 5) is 8.33. The van der Waals surface area contributed by atoms with E-state index in [1.165, 1.54) is 5.56 Å². The van der Waals surface area contributed by atoms with Crippen LogP contribution in [0.1, 0.15) is 26.3 Å². The van der Waals surface area contributed by atoms with Gasteiger partial charge in [0.05, 0.1) is 0 Å². The summed E-state index contributed by atoms with van der Waals surface area (Å²) in [5, 5.41) is 0. The minimum absolute atomic E-state index is 0.662. The van der Waals surface area contributed by atoms with Crippen molar-refractivity contribution in [3.8, 4) is 0 Å². The summed E-state index contributed by atoms with van der Waals surface area (Å²) in [6.45, 7) is 10.5. The van der Waals surface area contributed by atoms with Crippen LogP contribution >= 0.6 is 19.4 Å². The van der Waals surface area contributed by atoms with Crippen LogP contribution in [-0.4, -0.2) is 45.6 Å². The Labute approximate surface area is 142 Å². The van der Waals surface area contributed by atoms with Crippen molar-refractivity contribution in [2.75, 3.05) is 14.1 Å². The molecule has 1 aliphatic heterocycles. The molecule has 3 nitrogen and oxygen atoms in total. The van der Waals surface area contributed by atoms with Crippen LogP contribution in [0.25, 0.3) is 0 Å². The fourth-order valence-corrected chi connectivity index (χ4v) is 1.60. The molecule has 0 N–H and O–H groups in total. The zero-order valence-electron chi connectivity index (χ0n) is 13.6. The molecule has 0 amide bonds. The molecule has 124 valence electrons. The SMILES string of the molecule is CC1C(C)N(C)[CH-]N1C.C[CH]=[Ru]([Cl])[Cl].Cc1ccncc1. The summed E-state index contributed by atoms with van der Waals surface area (Å²) < 4.78 is 1.84. The Morgan fingerprint density at radius 1 is 1.14 bits per heavy atom. The Hall–Kier alpha value is 0.143. The van der Waals surface area contributed by atoms with Crippen molar-refractivity contribution in [2.45, 2.75) is 39.8 Å². The third-order valence-corrected chi connectivity index (χ3v) is 5.93. The maximum absolute atomic E-state index is 5.32. The maximum Gasteiger partial charge on any atom is 0.0270 e. The van der Waals surface area contributed by atoms with Crippen LogP contribution in [0.15, 0.2) is 24.5 Å². The van der Waals surface area contributed by atoms with Crippen LogP contribution in [0, 0.1) is 13.6 Å². The van der Waals surface area contributed by atoms with Gasteiger partial charge in [0.1, 0.15) is 0 Å². The first-order valence-electron chi connectivity index (χ1n) is 6.72. The molecule has 2 heterocycles.